The Kier molecular flexibility index (Phi) is 98.0. The van der Waals surface area contributed by atoms with Crippen LogP contribution in [0.25, 0.3) is 0 Å². The van der Waals surface area contributed by atoms with Gasteiger partial charge in [0.05, 0.1) is 44.8 Å². The summed E-state index contributed by atoms with van der Waals surface area (Å²) in [6.45, 7) is 62.9. The molecule has 0 aromatic rings. The fourth-order valence-corrected chi connectivity index (χ4v) is 4.37. The van der Waals surface area contributed by atoms with Crippen molar-refractivity contribution >= 4 is 45.7 Å². The van der Waals surface area contributed by atoms with E-state index in [0.717, 1.165) is 110 Å². The van der Waals surface area contributed by atoms with Gasteiger partial charge in [0.1, 0.15) is 0 Å². The first-order chi connectivity index (χ1) is 34.8. The van der Waals surface area contributed by atoms with Crippen molar-refractivity contribution in [3.63, 3.8) is 0 Å². The molecule has 0 radical (unpaired) electrons. The predicted octanol–water partition coefficient (Wildman–Crippen LogP) is 12.2. The van der Waals surface area contributed by atoms with E-state index >= 15 is 0 Å². The predicted molar refractivity (Wildman–Crippen MR) is 347 cm³/mol. The summed E-state index contributed by atoms with van der Waals surface area (Å²) >= 11 is 0. The second kappa shape index (κ2) is 66.0. The minimum atomic E-state index is -0.760. The summed E-state index contributed by atoms with van der Waals surface area (Å²) in [5.41, 5.74) is 0.674. The third-order valence-corrected chi connectivity index (χ3v) is 12.9. The van der Waals surface area contributed by atoms with Crippen LogP contribution in [0.4, 0.5) is 0 Å². The SMILES string of the molecule is CC(=NC(C)C)C(C)(C)O.CCC(C)(O)C(C)=NC.CCC(C)(O)C(C)=NC(C)C.CCCN=C(C)C(C)(C)O.CCCN=C(C)C(C)(O)CC.CCN=C(C)C(C)(C)O.CCN=C(C)C(C)(O)CC.CN=C(C)C(C)(C)O.[Ni].[Ni].[Ni].[Ni].[Ni].[Ni].[Ni].[Ni]. The first-order valence-corrected chi connectivity index (χ1v) is 28.6. The molecule has 86 heavy (non-hydrogen) atoms. The van der Waals surface area contributed by atoms with Crippen LogP contribution < -0.4 is 0 Å². The first-order valence-electron chi connectivity index (χ1n) is 28.6. The van der Waals surface area contributed by atoms with E-state index in [4.69, 9.17) is 5.11 Å². The zero-order chi connectivity index (χ0) is 64.5. The van der Waals surface area contributed by atoms with Gasteiger partial charge in [0, 0.05) is 230 Å². The van der Waals surface area contributed by atoms with Gasteiger partial charge >= 0.3 is 0 Å². The normalized spacial score (nSPS) is 15.0. The average molecular weight is 1590 g/mol. The maximum atomic E-state index is 9.71. The van der Waals surface area contributed by atoms with Crippen LogP contribution in [-0.2, 0) is 132 Å². The monoisotopic (exact) mass is 1580 g/mol. The average Bonchev–Trinajstić information content (AvgIpc) is 3.31. The molecule has 0 heterocycles. The molecule has 0 fully saturated rings. The van der Waals surface area contributed by atoms with Crippen molar-refractivity contribution < 1.29 is 173 Å². The second-order valence-electron chi connectivity index (χ2n) is 23.0. The molecular formula is C62H132N8Ni8O8. The molecule has 4 atom stereocenters. The van der Waals surface area contributed by atoms with Crippen LogP contribution in [0.1, 0.15) is 260 Å². The van der Waals surface area contributed by atoms with Crippen LogP contribution in [0.2, 0.25) is 0 Å². The van der Waals surface area contributed by atoms with E-state index in [0.29, 0.717) is 0 Å². The maximum Gasteiger partial charge on any atom is 0.0989 e. The van der Waals surface area contributed by atoms with Crippen LogP contribution in [0.5, 0.6) is 0 Å². The molecule has 548 valence electrons. The number of hydrogen-bond acceptors (Lipinski definition) is 16. The van der Waals surface area contributed by atoms with Gasteiger partial charge in [-0.05, 0) is 219 Å². The van der Waals surface area contributed by atoms with Gasteiger partial charge in [-0.25, -0.2) is 0 Å². The molecule has 24 heteroatoms. The fraction of sp³-hybridized carbons (Fsp3) is 0.871. The minimum Gasteiger partial charge on any atom is -0.385 e. The van der Waals surface area contributed by atoms with E-state index in [1.165, 1.54) is 0 Å². The molecule has 0 rings (SSSR count). The Labute approximate surface area is 610 Å². The quantitative estimate of drug-likeness (QED) is 0.0428. The molecule has 0 bridgehead atoms. The summed E-state index contributed by atoms with van der Waals surface area (Å²) in [6, 6.07) is 0.541. The molecule has 0 aliphatic rings. The van der Waals surface area contributed by atoms with Gasteiger partial charge in [-0.2, -0.15) is 0 Å². The molecule has 8 N–H and O–H groups in total. The van der Waals surface area contributed by atoms with Gasteiger partial charge in [-0.1, -0.05) is 41.5 Å². The van der Waals surface area contributed by atoms with Crippen molar-refractivity contribution in [2.45, 2.75) is 317 Å². The van der Waals surface area contributed by atoms with E-state index in [1.807, 2.05) is 125 Å². The van der Waals surface area contributed by atoms with Crippen molar-refractivity contribution in [3.05, 3.63) is 0 Å². The van der Waals surface area contributed by atoms with E-state index in [1.54, 1.807) is 97.2 Å². The molecular weight excluding hydrogens is 1450 g/mol. The summed E-state index contributed by atoms with van der Waals surface area (Å²) in [4.78, 5) is 32.9. The third kappa shape index (κ3) is 79.2. The Balaban J connectivity index is -0.0000000460. The standard InChI is InChI=1S/2C9H19NO.3C8H17NO.2C7H15NO.C6H13NO.8Ni/c1-6-9(5,11)8(4)10-7(2)3;1-5-7-10-8(3)9(4,11)6-2;1-6(2)9-7(3)8(4,5)10;1-5-6-9-7(2)8(3,4)10;1-5-8(4,10)7(3)9-6-2;1-5-7(3,9)6(2)8-4;1-5-8-6(2)7(3,4)9;1-5(7-4)6(2,3)8;;;;;;;;/h7,11H,6H2,1-5H3;11H,5-7H2,1-4H3;6,10H,1-5H3;2*10H,5-6H2,1-4H3;2*9H,5H2,1-4H3;8H,1-4H3;;;;;;;;. The zero-order valence-electron chi connectivity index (χ0n) is 59.9. The number of aliphatic hydroxyl groups is 8. The first kappa shape index (κ1) is 128. The van der Waals surface area contributed by atoms with Crippen LogP contribution in [-0.4, -0.2) is 184 Å². The van der Waals surface area contributed by atoms with Crippen LogP contribution in [0.15, 0.2) is 39.9 Å². The molecule has 0 aromatic heterocycles. The van der Waals surface area contributed by atoms with E-state index in [9.17, 15) is 35.7 Å². The molecule has 0 aliphatic heterocycles. The molecule has 0 amide bonds. The zero-order valence-corrected chi connectivity index (χ0v) is 67.8. The molecule has 16 nitrogen and oxygen atoms in total. The Bertz CT molecular complexity index is 1800. The van der Waals surface area contributed by atoms with Crippen molar-refractivity contribution in [2.75, 3.05) is 40.3 Å². The number of nitrogens with zero attached hydrogens (tertiary/aromatic N) is 8. The molecule has 0 saturated heterocycles. The molecule has 0 spiro atoms. The van der Waals surface area contributed by atoms with Gasteiger partial charge in [0.25, 0.3) is 0 Å². The van der Waals surface area contributed by atoms with E-state index in [-0.39, 0.29) is 144 Å². The van der Waals surface area contributed by atoms with Gasteiger partial charge in [-0.3, -0.25) is 39.9 Å². The Morgan fingerprint density at radius 1 is 0.291 bits per heavy atom. The van der Waals surface area contributed by atoms with Gasteiger partial charge < -0.3 is 40.9 Å². The van der Waals surface area contributed by atoms with Gasteiger partial charge in [0.15, 0.2) is 0 Å². The molecule has 0 saturated carbocycles. The Morgan fingerprint density at radius 3 is 0.651 bits per heavy atom. The summed E-state index contributed by atoms with van der Waals surface area (Å²) in [7, 11) is 3.37. The third-order valence-electron chi connectivity index (χ3n) is 12.9. The van der Waals surface area contributed by atoms with Crippen molar-refractivity contribution in [1.29, 1.82) is 0 Å². The van der Waals surface area contributed by atoms with Crippen LogP contribution in [0, 0.1) is 0 Å². The van der Waals surface area contributed by atoms with E-state index in [2.05, 4.69) is 53.8 Å². The minimum absolute atomic E-state index is 0. The van der Waals surface area contributed by atoms with Crippen molar-refractivity contribution in [1.82, 2.24) is 0 Å². The molecule has 0 aliphatic carbocycles. The largest absolute Gasteiger partial charge is 0.385 e. The van der Waals surface area contributed by atoms with Crippen LogP contribution >= 0.6 is 0 Å². The summed E-state index contributed by atoms with van der Waals surface area (Å²) < 4.78 is 0. The summed E-state index contributed by atoms with van der Waals surface area (Å²) in [5, 5.41) is 75.7. The number of hydrogen-bond donors (Lipinski definition) is 8. The van der Waals surface area contributed by atoms with Gasteiger partial charge in [-0.15, -0.1) is 0 Å². The molecule has 0 aromatic carbocycles. The smallest absolute Gasteiger partial charge is 0.0989 e. The summed E-state index contributed by atoms with van der Waals surface area (Å²) in [6.07, 6.45) is 4.96. The topological polar surface area (TPSA) is 261 Å². The number of aliphatic imine (C=N–C) groups is 8. The molecule has 4 unspecified atom stereocenters. The van der Waals surface area contributed by atoms with Crippen molar-refractivity contribution in [2.24, 2.45) is 39.9 Å². The van der Waals surface area contributed by atoms with Gasteiger partial charge in [0.2, 0.25) is 0 Å². The Morgan fingerprint density at radius 2 is 0.488 bits per heavy atom. The van der Waals surface area contributed by atoms with Crippen LogP contribution in [0.3, 0.4) is 0 Å². The second-order valence-corrected chi connectivity index (χ2v) is 23.0. The summed E-state index contributed by atoms with van der Waals surface area (Å²) in [5.74, 6) is 0. The fourth-order valence-electron chi connectivity index (χ4n) is 4.37. The number of rotatable bonds is 20. The van der Waals surface area contributed by atoms with E-state index < -0.39 is 44.8 Å². The maximum absolute atomic E-state index is 9.71. The van der Waals surface area contributed by atoms with Crippen molar-refractivity contribution in [3.8, 4) is 0 Å². The Hall–Kier alpha value is 0.988.